The molecule has 2 heterocycles. The van der Waals surface area contributed by atoms with Crippen molar-refractivity contribution in [3.8, 4) is 0 Å². The van der Waals surface area contributed by atoms with E-state index in [4.69, 9.17) is 0 Å². The standard InChI is InChI=1S/C11H16N4O/c1-12-11(16)10-5-8(3-4-14-10)15(2)9-6-13-7-9/h3-5,9,13H,6-7H2,1-2H3,(H,12,16). The first-order chi connectivity index (χ1) is 7.72. The quantitative estimate of drug-likeness (QED) is 0.744. The highest BCUT2D eigenvalue weighted by Gasteiger charge is 2.22. The zero-order chi connectivity index (χ0) is 11.5. The van der Waals surface area contributed by atoms with Crippen LogP contribution < -0.4 is 15.5 Å². The number of likely N-dealkylation sites (N-methyl/N-ethyl adjacent to an activating group) is 1. The molecule has 2 rings (SSSR count). The van der Waals surface area contributed by atoms with Gasteiger partial charge in [-0.15, -0.1) is 0 Å². The van der Waals surface area contributed by atoms with Crippen LogP contribution in [0.4, 0.5) is 5.69 Å². The van der Waals surface area contributed by atoms with Gasteiger partial charge in [-0.2, -0.15) is 0 Å². The largest absolute Gasteiger partial charge is 0.369 e. The molecule has 1 aliphatic rings. The Labute approximate surface area is 94.9 Å². The first-order valence-corrected chi connectivity index (χ1v) is 5.34. The van der Waals surface area contributed by atoms with Gasteiger partial charge in [0.05, 0.1) is 6.04 Å². The number of carbonyl (C=O) groups is 1. The van der Waals surface area contributed by atoms with Crippen LogP contribution in [0.15, 0.2) is 18.3 Å². The number of anilines is 1. The summed E-state index contributed by atoms with van der Waals surface area (Å²) in [6.07, 6.45) is 1.67. The van der Waals surface area contributed by atoms with Crippen LogP contribution in [0.3, 0.4) is 0 Å². The van der Waals surface area contributed by atoms with Crippen molar-refractivity contribution in [1.29, 1.82) is 0 Å². The van der Waals surface area contributed by atoms with Crippen LogP contribution in [0.2, 0.25) is 0 Å². The Bertz CT molecular complexity index is 389. The average molecular weight is 220 g/mol. The summed E-state index contributed by atoms with van der Waals surface area (Å²) in [5.74, 6) is -0.151. The monoisotopic (exact) mass is 220 g/mol. The number of rotatable bonds is 3. The molecule has 0 saturated carbocycles. The number of pyridine rings is 1. The minimum Gasteiger partial charge on any atom is -0.369 e. The molecule has 0 spiro atoms. The van der Waals surface area contributed by atoms with E-state index in [0.29, 0.717) is 11.7 Å². The van der Waals surface area contributed by atoms with E-state index in [1.54, 1.807) is 13.2 Å². The lowest BCUT2D eigenvalue weighted by molar-refractivity contribution is 0.0958. The Morgan fingerprint density at radius 2 is 2.38 bits per heavy atom. The van der Waals surface area contributed by atoms with Crippen molar-refractivity contribution in [2.45, 2.75) is 6.04 Å². The highest BCUT2D eigenvalue weighted by molar-refractivity contribution is 5.92. The van der Waals surface area contributed by atoms with Crippen molar-refractivity contribution >= 4 is 11.6 Å². The minimum atomic E-state index is -0.151. The van der Waals surface area contributed by atoms with E-state index in [0.717, 1.165) is 18.8 Å². The third-order valence-electron chi connectivity index (χ3n) is 2.92. The summed E-state index contributed by atoms with van der Waals surface area (Å²) < 4.78 is 0. The molecule has 0 radical (unpaired) electrons. The molecule has 0 aromatic carbocycles. The molecule has 1 aromatic heterocycles. The van der Waals surface area contributed by atoms with Crippen molar-refractivity contribution < 1.29 is 4.79 Å². The van der Waals surface area contributed by atoms with Gasteiger partial charge in [0.15, 0.2) is 0 Å². The molecule has 1 fully saturated rings. The zero-order valence-corrected chi connectivity index (χ0v) is 9.53. The summed E-state index contributed by atoms with van der Waals surface area (Å²) in [5, 5.41) is 5.80. The van der Waals surface area contributed by atoms with E-state index in [2.05, 4.69) is 20.5 Å². The van der Waals surface area contributed by atoms with E-state index in [-0.39, 0.29) is 5.91 Å². The van der Waals surface area contributed by atoms with Crippen LogP contribution >= 0.6 is 0 Å². The van der Waals surface area contributed by atoms with Gasteiger partial charge in [0.25, 0.3) is 5.91 Å². The molecule has 0 bridgehead atoms. The molecule has 0 atom stereocenters. The van der Waals surface area contributed by atoms with Crippen LogP contribution in [-0.2, 0) is 0 Å². The maximum atomic E-state index is 11.4. The van der Waals surface area contributed by atoms with E-state index in [1.165, 1.54) is 0 Å². The highest BCUT2D eigenvalue weighted by Crippen LogP contribution is 2.17. The van der Waals surface area contributed by atoms with Crippen LogP contribution in [0.25, 0.3) is 0 Å². The third kappa shape index (κ3) is 1.99. The van der Waals surface area contributed by atoms with Crippen LogP contribution in [-0.4, -0.2) is 44.1 Å². The summed E-state index contributed by atoms with van der Waals surface area (Å²) >= 11 is 0. The fourth-order valence-electron chi connectivity index (χ4n) is 1.65. The second kappa shape index (κ2) is 4.49. The number of aromatic nitrogens is 1. The molecule has 0 aliphatic carbocycles. The highest BCUT2D eigenvalue weighted by atomic mass is 16.1. The molecule has 16 heavy (non-hydrogen) atoms. The lowest BCUT2D eigenvalue weighted by Gasteiger charge is -2.37. The first kappa shape index (κ1) is 10.9. The second-order valence-electron chi connectivity index (χ2n) is 3.90. The predicted octanol–water partition coefficient (Wildman–Crippen LogP) is -0.151. The van der Waals surface area contributed by atoms with Crippen molar-refractivity contribution in [2.24, 2.45) is 0 Å². The molecule has 2 N–H and O–H groups in total. The lowest BCUT2D eigenvalue weighted by Crippen LogP contribution is -2.56. The molecule has 1 saturated heterocycles. The number of nitrogens with zero attached hydrogens (tertiary/aromatic N) is 2. The molecule has 1 amide bonds. The summed E-state index contributed by atoms with van der Waals surface area (Å²) in [6.45, 7) is 1.99. The number of hydrogen-bond acceptors (Lipinski definition) is 4. The predicted molar refractivity (Wildman–Crippen MR) is 62.7 cm³/mol. The smallest absolute Gasteiger partial charge is 0.269 e. The molecule has 0 unspecified atom stereocenters. The second-order valence-corrected chi connectivity index (χ2v) is 3.90. The Morgan fingerprint density at radius 3 is 2.94 bits per heavy atom. The van der Waals surface area contributed by atoms with Gasteiger partial charge in [-0.1, -0.05) is 0 Å². The van der Waals surface area contributed by atoms with E-state index >= 15 is 0 Å². The number of amides is 1. The molecular weight excluding hydrogens is 204 g/mol. The van der Waals surface area contributed by atoms with E-state index in [9.17, 15) is 4.79 Å². The lowest BCUT2D eigenvalue weighted by atomic mass is 10.1. The van der Waals surface area contributed by atoms with Crippen LogP contribution in [0.5, 0.6) is 0 Å². The van der Waals surface area contributed by atoms with Gasteiger partial charge >= 0.3 is 0 Å². The van der Waals surface area contributed by atoms with Gasteiger partial charge in [0.2, 0.25) is 0 Å². The Kier molecular flexibility index (Phi) is 3.05. The molecule has 1 aromatic rings. The summed E-state index contributed by atoms with van der Waals surface area (Å²) in [6, 6.07) is 4.25. The number of hydrogen-bond donors (Lipinski definition) is 2. The van der Waals surface area contributed by atoms with Crippen molar-refractivity contribution in [3.63, 3.8) is 0 Å². The normalized spacial score (nSPS) is 15.4. The fraction of sp³-hybridized carbons (Fsp3) is 0.455. The van der Waals surface area contributed by atoms with Gasteiger partial charge < -0.3 is 15.5 Å². The van der Waals surface area contributed by atoms with E-state index in [1.807, 2.05) is 19.2 Å². The molecule has 5 nitrogen and oxygen atoms in total. The molecular formula is C11H16N4O. The van der Waals surface area contributed by atoms with Crippen molar-refractivity contribution in [1.82, 2.24) is 15.6 Å². The topological polar surface area (TPSA) is 57.3 Å². The van der Waals surface area contributed by atoms with Crippen LogP contribution in [0.1, 0.15) is 10.5 Å². The maximum Gasteiger partial charge on any atom is 0.269 e. The molecule has 1 aliphatic heterocycles. The zero-order valence-electron chi connectivity index (χ0n) is 9.53. The van der Waals surface area contributed by atoms with Gasteiger partial charge in [-0.05, 0) is 12.1 Å². The third-order valence-corrected chi connectivity index (χ3v) is 2.92. The van der Waals surface area contributed by atoms with Crippen molar-refractivity contribution in [2.75, 3.05) is 32.1 Å². The number of nitrogens with one attached hydrogen (secondary N) is 2. The van der Waals surface area contributed by atoms with Crippen molar-refractivity contribution in [3.05, 3.63) is 24.0 Å². The first-order valence-electron chi connectivity index (χ1n) is 5.34. The summed E-state index contributed by atoms with van der Waals surface area (Å²) in [7, 11) is 3.64. The molecule has 5 heteroatoms. The average Bonchev–Trinajstić information content (AvgIpc) is 2.26. The SMILES string of the molecule is CNC(=O)c1cc(N(C)C2CNC2)ccn1. The van der Waals surface area contributed by atoms with Gasteiger partial charge in [0, 0.05) is 39.1 Å². The Morgan fingerprint density at radius 1 is 1.62 bits per heavy atom. The Hall–Kier alpha value is -1.62. The van der Waals surface area contributed by atoms with Gasteiger partial charge in [-0.3, -0.25) is 9.78 Å². The maximum absolute atomic E-state index is 11.4. The Balaban J connectivity index is 2.17. The molecule has 86 valence electrons. The van der Waals surface area contributed by atoms with Gasteiger partial charge in [-0.25, -0.2) is 0 Å². The van der Waals surface area contributed by atoms with Crippen LogP contribution in [0, 0.1) is 0 Å². The summed E-state index contributed by atoms with van der Waals surface area (Å²) in [5.41, 5.74) is 1.49. The van der Waals surface area contributed by atoms with E-state index < -0.39 is 0 Å². The summed E-state index contributed by atoms with van der Waals surface area (Å²) in [4.78, 5) is 17.6. The minimum absolute atomic E-state index is 0.151. The number of carbonyl (C=O) groups excluding carboxylic acids is 1. The van der Waals surface area contributed by atoms with Gasteiger partial charge in [0.1, 0.15) is 5.69 Å². The fourth-order valence-corrected chi connectivity index (χ4v) is 1.65.